The van der Waals surface area contributed by atoms with E-state index in [9.17, 15) is 69.6 Å². The van der Waals surface area contributed by atoms with E-state index in [0.717, 1.165) is 21.9 Å². The monoisotopic (exact) mass is 694 g/mol. The molecule has 10 N–H and O–H groups in total. The van der Waals surface area contributed by atoms with Crippen LogP contribution in [0.15, 0.2) is 24.3 Å². The second-order valence-electron chi connectivity index (χ2n) is 9.64. The summed E-state index contributed by atoms with van der Waals surface area (Å²) in [6.07, 6.45) is -2.38. The van der Waals surface area contributed by atoms with Crippen LogP contribution in [0.25, 0.3) is 0 Å². The molecular weight excluding hydrogens is 658 g/mol. The van der Waals surface area contributed by atoms with Gasteiger partial charge in [-0.3, -0.25) is 9.80 Å². The summed E-state index contributed by atoms with van der Waals surface area (Å²) in [5.74, 6) is -0.934. The van der Waals surface area contributed by atoms with Crippen LogP contribution in [0.3, 0.4) is 0 Å². The quantitative estimate of drug-likeness (QED) is 0.0587. The molecule has 0 aliphatic heterocycles. The van der Waals surface area contributed by atoms with Crippen molar-refractivity contribution in [2.75, 3.05) is 25.8 Å². The molecule has 0 aliphatic rings. The van der Waals surface area contributed by atoms with Gasteiger partial charge in [0.2, 0.25) is 0 Å². The summed E-state index contributed by atoms with van der Waals surface area (Å²) in [5.41, 5.74) is 0.269. The largest absolute Gasteiger partial charge is 2.00 e. The van der Waals surface area contributed by atoms with Crippen molar-refractivity contribution in [1.82, 2.24) is 9.80 Å². The summed E-state index contributed by atoms with van der Waals surface area (Å²) in [5, 5.41) is 80.6. The zero-order chi connectivity index (χ0) is 31.8. The SMILES string of the molecule is O=P([O-])(O)CN(Cc1c(O)cc(CO)cc1CO)C(CO)C(CO)N(Cc1c(O)ccc(CO)c1CO)CP(=O)([O-])O.[Fe+2]. The van der Waals surface area contributed by atoms with Gasteiger partial charge in [0.05, 0.1) is 64.3 Å². The van der Waals surface area contributed by atoms with Gasteiger partial charge in [-0.05, 0) is 34.4 Å². The van der Waals surface area contributed by atoms with E-state index in [1.807, 2.05) is 0 Å². The van der Waals surface area contributed by atoms with Crippen molar-refractivity contribution in [2.45, 2.75) is 51.6 Å². The van der Waals surface area contributed by atoms with E-state index in [0.29, 0.717) is 0 Å². The first kappa shape index (κ1) is 39.6. The van der Waals surface area contributed by atoms with Gasteiger partial charge in [0, 0.05) is 24.2 Å². The van der Waals surface area contributed by atoms with Gasteiger partial charge in [0.1, 0.15) is 26.7 Å². The number of aliphatic hydroxyl groups excluding tert-OH is 6. The van der Waals surface area contributed by atoms with E-state index in [4.69, 9.17) is 0 Å². The Morgan fingerprint density at radius 2 is 1.14 bits per heavy atom. The molecule has 0 saturated carbocycles. The minimum Gasteiger partial charge on any atom is -0.778 e. The maximum Gasteiger partial charge on any atom is 2.00 e. The van der Waals surface area contributed by atoms with Gasteiger partial charge in [-0.2, -0.15) is 0 Å². The van der Waals surface area contributed by atoms with Crippen LogP contribution in [-0.4, -0.2) is 98.3 Å². The van der Waals surface area contributed by atoms with E-state index in [1.54, 1.807) is 0 Å². The number of rotatable bonds is 17. The van der Waals surface area contributed by atoms with Crippen LogP contribution < -0.4 is 9.79 Å². The van der Waals surface area contributed by atoms with Crippen molar-refractivity contribution < 1.29 is 86.6 Å². The maximum absolute atomic E-state index is 12.0. The number of aromatic hydroxyl groups is 2. The van der Waals surface area contributed by atoms with Crippen molar-refractivity contribution in [3.05, 3.63) is 57.6 Å². The number of phenols is 2. The summed E-state index contributed by atoms with van der Waals surface area (Å²) in [6.45, 7) is -5.61. The van der Waals surface area contributed by atoms with Crippen molar-refractivity contribution in [2.24, 2.45) is 0 Å². The Labute approximate surface area is 257 Å². The number of nitrogens with zero attached hydrogens (tertiary/aromatic N) is 2. The molecule has 2 aromatic rings. The molecule has 0 fully saturated rings. The van der Waals surface area contributed by atoms with Gasteiger partial charge in [0.25, 0.3) is 0 Å². The molecule has 16 nitrogen and oxygen atoms in total. The number of hydrogen-bond donors (Lipinski definition) is 10. The van der Waals surface area contributed by atoms with E-state index in [-0.39, 0.29) is 50.4 Å². The van der Waals surface area contributed by atoms with Gasteiger partial charge >= 0.3 is 17.1 Å². The Morgan fingerprint density at radius 3 is 1.53 bits per heavy atom. The van der Waals surface area contributed by atoms with Gasteiger partial charge in [-0.25, -0.2) is 0 Å². The number of benzene rings is 2. The van der Waals surface area contributed by atoms with Crippen LogP contribution in [0.5, 0.6) is 11.5 Å². The Kier molecular flexibility index (Phi) is 15.9. The molecule has 0 amide bonds. The molecule has 0 heterocycles. The van der Waals surface area contributed by atoms with Crippen LogP contribution in [0.1, 0.15) is 33.4 Å². The normalized spacial score (nSPS) is 16.0. The van der Waals surface area contributed by atoms with Crippen LogP contribution in [0.2, 0.25) is 0 Å². The molecule has 0 saturated heterocycles. The molecule has 2 aromatic carbocycles. The zero-order valence-corrected chi connectivity index (χ0v) is 25.7. The van der Waals surface area contributed by atoms with Crippen LogP contribution in [0.4, 0.5) is 0 Å². The topological polar surface area (TPSA) is 289 Å². The van der Waals surface area contributed by atoms with E-state index >= 15 is 0 Å². The average Bonchev–Trinajstić information content (AvgIpc) is 2.91. The summed E-state index contributed by atoms with van der Waals surface area (Å²) < 4.78 is 24.0. The molecule has 4 unspecified atom stereocenters. The minimum atomic E-state index is -5.19. The summed E-state index contributed by atoms with van der Waals surface area (Å²) in [4.78, 5) is 45.2. The first-order valence-electron chi connectivity index (χ1n) is 12.5. The molecule has 19 heteroatoms. The van der Waals surface area contributed by atoms with E-state index < -0.39 is 104 Å². The third-order valence-electron chi connectivity index (χ3n) is 6.76. The Morgan fingerprint density at radius 1 is 0.651 bits per heavy atom. The van der Waals surface area contributed by atoms with E-state index in [2.05, 4.69) is 0 Å². The average molecular weight is 694 g/mol. The van der Waals surface area contributed by atoms with Crippen molar-refractivity contribution >= 4 is 15.2 Å². The molecule has 0 radical (unpaired) electrons. The molecule has 244 valence electrons. The summed E-state index contributed by atoms with van der Waals surface area (Å²) in [7, 11) is -10.4. The van der Waals surface area contributed by atoms with Gasteiger partial charge in [-0.15, -0.1) is 0 Å². The van der Waals surface area contributed by atoms with E-state index in [1.165, 1.54) is 12.1 Å². The second-order valence-corrected chi connectivity index (χ2v) is 12.8. The fraction of sp³-hybridized carbons (Fsp3) is 0.500. The Bertz CT molecular complexity index is 1290. The van der Waals surface area contributed by atoms with Crippen molar-refractivity contribution in [3.63, 3.8) is 0 Å². The molecule has 0 aromatic heterocycles. The molecule has 0 aliphatic carbocycles. The fourth-order valence-electron chi connectivity index (χ4n) is 4.82. The molecule has 0 bridgehead atoms. The molecule has 4 atom stereocenters. The molecule has 2 rings (SSSR count). The molecule has 0 spiro atoms. The van der Waals surface area contributed by atoms with Gasteiger partial charge in [-0.1, -0.05) is 12.1 Å². The van der Waals surface area contributed by atoms with Crippen molar-refractivity contribution in [3.8, 4) is 11.5 Å². The van der Waals surface area contributed by atoms with Gasteiger partial charge < -0.3 is 69.6 Å². The predicted molar refractivity (Wildman–Crippen MR) is 142 cm³/mol. The maximum atomic E-state index is 12.0. The predicted octanol–water partition coefficient (Wildman–Crippen LogP) is -2.90. The summed E-state index contributed by atoms with van der Waals surface area (Å²) in [6, 6.07) is 1.84. The number of phenolic OH excluding ortho intramolecular Hbond substituents is 2. The first-order chi connectivity index (χ1) is 19.6. The van der Waals surface area contributed by atoms with Crippen LogP contribution in [0, 0.1) is 0 Å². The van der Waals surface area contributed by atoms with Crippen molar-refractivity contribution in [1.29, 1.82) is 0 Å². The third kappa shape index (κ3) is 11.1. The molecular formula is C24H36FeN2O14P2. The van der Waals surface area contributed by atoms with Gasteiger partial charge in [0.15, 0.2) is 0 Å². The third-order valence-corrected chi connectivity index (χ3v) is 8.20. The van der Waals surface area contributed by atoms with Crippen LogP contribution in [-0.2, 0) is 65.7 Å². The Hall–Kier alpha value is -1.46. The first-order valence-corrected chi connectivity index (χ1v) is 16.0. The van der Waals surface area contributed by atoms with Crippen LogP contribution >= 0.6 is 15.2 Å². The minimum absolute atomic E-state index is 0. The number of hydrogen-bond acceptors (Lipinski definition) is 14. The second kappa shape index (κ2) is 17.3. The number of aliphatic hydroxyl groups is 6. The smallest absolute Gasteiger partial charge is 0.778 e. The fourth-order valence-corrected chi connectivity index (χ4v) is 6.35. The molecule has 43 heavy (non-hydrogen) atoms. The zero-order valence-electron chi connectivity index (χ0n) is 22.8. The Balaban J connectivity index is 0.00000924. The standard InChI is InChI=1S/C24H38N2O14P2.Fe/c27-7-15-3-17(9-29)18(24(34)4-15)5-25(13-41(35,36)37)21(11-31)22(12-32)26(14-42(38,39)40)6-19-20(10-30)16(8-28)1-2-23(19)33;/h1-4,21-22,27-34H,5-14H2,(H2,35,36,37)(H2,38,39,40);/q;+2/p-2. The summed E-state index contributed by atoms with van der Waals surface area (Å²) >= 11 is 0.